The first kappa shape index (κ1) is 25.2. The molecular formula is C30H30FNO4S. The van der Waals surface area contributed by atoms with E-state index in [0.717, 1.165) is 35.5 Å². The summed E-state index contributed by atoms with van der Waals surface area (Å²) in [4.78, 5) is 16.1. The molecule has 192 valence electrons. The number of hydrogen-bond donors (Lipinski definition) is 1. The Morgan fingerprint density at radius 2 is 1.84 bits per heavy atom. The van der Waals surface area contributed by atoms with Crippen molar-refractivity contribution in [2.45, 2.75) is 13.8 Å². The Labute approximate surface area is 220 Å². The van der Waals surface area contributed by atoms with Crippen LogP contribution in [0.5, 0.6) is 11.5 Å². The first-order chi connectivity index (χ1) is 17.8. The van der Waals surface area contributed by atoms with Gasteiger partial charge in [0.25, 0.3) is 0 Å². The monoisotopic (exact) mass is 519 g/mol. The molecule has 2 aromatic carbocycles. The summed E-state index contributed by atoms with van der Waals surface area (Å²) in [5.41, 5.74) is 0.212. The third-order valence-corrected chi connectivity index (χ3v) is 7.59. The van der Waals surface area contributed by atoms with E-state index in [2.05, 4.69) is 18.7 Å². The second-order valence-corrected chi connectivity index (χ2v) is 11.2. The highest BCUT2D eigenvalue weighted by Crippen LogP contribution is 2.42. The van der Waals surface area contributed by atoms with Crippen molar-refractivity contribution in [1.29, 1.82) is 0 Å². The topological polar surface area (TPSA) is 59.0 Å². The zero-order valence-electron chi connectivity index (χ0n) is 20.9. The molecular weight excluding hydrogens is 489 g/mol. The SMILES string of the molecule is CC1(C)C=C(OCCN2CC(CF)C2)C=CC(Oc2c(C(=O)c3ccccc3)sc3cc(O)ccc23)=C1. The number of likely N-dealkylation sites (tertiary alicyclic amines) is 1. The lowest BCUT2D eigenvalue weighted by molar-refractivity contribution is 0.0564. The summed E-state index contributed by atoms with van der Waals surface area (Å²) >= 11 is 1.31. The van der Waals surface area contributed by atoms with E-state index < -0.39 is 0 Å². The smallest absolute Gasteiger partial charge is 0.206 e. The van der Waals surface area contributed by atoms with Crippen molar-refractivity contribution in [1.82, 2.24) is 4.90 Å². The molecule has 1 aliphatic heterocycles. The number of hydrogen-bond acceptors (Lipinski definition) is 6. The van der Waals surface area contributed by atoms with Crippen LogP contribution < -0.4 is 4.74 Å². The number of halogens is 1. The lowest BCUT2D eigenvalue weighted by Crippen LogP contribution is -2.48. The Balaban J connectivity index is 1.37. The van der Waals surface area contributed by atoms with Gasteiger partial charge in [0.2, 0.25) is 5.78 Å². The molecule has 0 spiro atoms. The van der Waals surface area contributed by atoms with Crippen LogP contribution in [0, 0.1) is 11.3 Å². The number of ether oxygens (including phenoxy) is 2. The predicted molar refractivity (Wildman–Crippen MR) is 145 cm³/mol. The quantitative estimate of drug-likeness (QED) is 0.327. The van der Waals surface area contributed by atoms with Crippen LogP contribution in [0.2, 0.25) is 0 Å². The van der Waals surface area contributed by atoms with Crippen molar-refractivity contribution in [3.63, 3.8) is 0 Å². The molecule has 37 heavy (non-hydrogen) atoms. The van der Waals surface area contributed by atoms with E-state index in [1.165, 1.54) is 11.3 Å². The molecule has 2 heterocycles. The molecule has 1 aromatic heterocycles. The van der Waals surface area contributed by atoms with E-state index in [1.54, 1.807) is 30.3 Å². The van der Waals surface area contributed by atoms with Crippen LogP contribution in [-0.4, -0.2) is 48.7 Å². The van der Waals surface area contributed by atoms with Crippen LogP contribution >= 0.6 is 11.3 Å². The summed E-state index contributed by atoms with van der Waals surface area (Å²) in [7, 11) is 0. The fourth-order valence-corrected chi connectivity index (χ4v) is 5.71. The van der Waals surface area contributed by atoms with Crippen molar-refractivity contribution < 1.29 is 23.8 Å². The van der Waals surface area contributed by atoms with E-state index in [9.17, 15) is 14.3 Å². The van der Waals surface area contributed by atoms with E-state index in [1.807, 2.05) is 42.5 Å². The molecule has 1 aliphatic carbocycles. The van der Waals surface area contributed by atoms with E-state index in [4.69, 9.17) is 9.47 Å². The molecule has 0 radical (unpaired) electrons. The number of alkyl halides is 1. The zero-order valence-corrected chi connectivity index (χ0v) is 21.8. The standard InChI is InChI=1S/C30H30FNO4S/c1-30(2)15-23(35-13-12-32-18-20(17-31)19-32)9-10-24(16-30)36-28-25-11-8-22(33)14-26(25)37-29(28)27(34)21-6-4-3-5-7-21/h3-11,14-16,20,33H,12-13,17-19H2,1-2H3. The van der Waals surface area contributed by atoms with E-state index in [-0.39, 0.29) is 29.5 Å². The molecule has 0 saturated carbocycles. The number of nitrogens with zero attached hydrogens (tertiary/aromatic N) is 1. The Morgan fingerprint density at radius 3 is 2.59 bits per heavy atom. The van der Waals surface area contributed by atoms with Gasteiger partial charge >= 0.3 is 0 Å². The van der Waals surface area contributed by atoms with Crippen LogP contribution in [0.25, 0.3) is 10.1 Å². The highest BCUT2D eigenvalue weighted by atomic mass is 32.1. The first-order valence-electron chi connectivity index (χ1n) is 12.4. The molecule has 0 atom stereocenters. The molecule has 0 unspecified atom stereocenters. The van der Waals surface area contributed by atoms with Gasteiger partial charge in [0.15, 0.2) is 5.75 Å². The number of ketones is 1. The average Bonchev–Trinajstić information content (AvgIpc) is 3.12. The fourth-order valence-electron chi connectivity index (χ4n) is 4.59. The van der Waals surface area contributed by atoms with Gasteiger partial charge < -0.3 is 14.6 Å². The van der Waals surface area contributed by atoms with Gasteiger partial charge in [0.1, 0.15) is 28.8 Å². The second kappa shape index (κ2) is 10.5. The molecule has 1 fully saturated rings. The van der Waals surface area contributed by atoms with Gasteiger partial charge in [0.05, 0.1) is 6.67 Å². The third-order valence-electron chi connectivity index (χ3n) is 6.46. The van der Waals surface area contributed by atoms with Crippen molar-refractivity contribution >= 4 is 27.2 Å². The van der Waals surface area contributed by atoms with Crippen LogP contribution in [0.1, 0.15) is 29.1 Å². The number of carbonyl (C=O) groups excluding carboxylic acids is 1. The summed E-state index contributed by atoms with van der Waals surface area (Å²) in [5, 5.41) is 10.8. The summed E-state index contributed by atoms with van der Waals surface area (Å²) in [6.07, 6.45) is 7.77. The highest BCUT2D eigenvalue weighted by Gasteiger charge is 2.27. The van der Waals surface area contributed by atoms with Gasteiger partial charge in [-0.05, 0) is 42.5 Å². The van der Waals surface area contributed by atoms with Crippen LogP contribution in [-0.2, 0) is 4.74 Å². The second-order valence-electron chi connectivity index (χ2n) is 10.1. The lowest BCUT2D eigenvalue weighted by atomic mass is 9.92. The van der Waals surface area contributed by atoms with Gasteiger partial charge in [-0.15, -0.1) is 11.3 Å². The average molecular weight is 520 g/mol. The number of phenolic OH excluding ortho intramolecular Hbond substituents is 1. The minimum absolute atomic E-state index is 0.128. The maximum absolute atomic E-state index is 13.4. The minimum Gasteiger partial charge on any atom is -0.508 e. The van der Waals surface area contributed by atoms with Gasteiger partial charge in [-0.25, -0.2) is 0 Å². The Kier molecular flexibility index (Phi) is 7.17. The first-order valence-corrected chi connectivity index (χ1v) is 13.2. The van der Waals surface area contributed by atoms with E-state index in [0.29, 0.717) is 28.6 Å². The van der Waals surface area contributed by atoms with Crippen molar-refractivity contribution in [3.05, 3.63) is 94.8 Å². The summed E-state index contributed by atoms with van der Waals surface area (Å²) in [6.45, 7) is 6.73. The third kappa shape index (κ3) is 5.78. The molecule has 7 heteroatoms. The molecule has 5 rings (SSSR count). The molecule has 5 nitrogen and oxygen atoms in total. The number of carbonyl (C=O) groups is 1. The maximum Gasteiger partial charge on any atom is 0.206 e. The summed E-state index contributed by atoms with van der Waals surface area (Å²) in [6, 6.07) is 14.1. The minimum atomic E-state index is -0.363. The molecule has 1 N–H and O–H groups in total. The van der Waals surface area contributed by atoms with Crippen molar-refractivity contribution in [2.24, 2.45) is 11.3 Å². The predicted octanol–water partition coefficient (Wildman–Crippen LogP) is 6.50. The number of phenols is 1. The molecule has 1 saturated heterocycles. The van der Waals surface area contributed by atoms with Gasteiger partial charge in [-0.2, -0.15) is 0 Å². The normalized spacial score (nSPS) is 17.6. The van der Waals surface area contributed by atoms with Gasteiger partial charge in [-0.3, -0.25) is 14.1 Å². The van der Waals surface area contributed by atoms with Crippen molar-refractivity contribution in [3.8, 4) is 11.5 Å². The number of rotatable bonds is 9. The zero-order chi connectivity index (χ0) is 26.0. The number of benzene rings is 2. The lowest BCUT2D eigenvalue weighted by Gasteiger charge is -2.37. The highest BCUT2D eigenvalue weighted by molar-refractivity contribution is 7.21. The van der Waals surface area contributed by atoms with Gasteiger partial charge in [-0.1, -0.05) is 44.2 Å². The number of fused-ring (bicyclic) bond motifs is 1. The summed E-state index contributed by atoms with van der Waals surface area (Å²) < 4.78 is 25.9. The van der Waals surface area contributed by atoms with E-state index >= 15 is 0 Å². The molecule has 0 bridgehead atoms. The molecule has 2 aliphatic rings. The molecule has 3 aromatic rings. The van der Waals surface area contributed by atoms with Gasteiger partial charge in [0, 0.05) is 46.6 Å². The number of thiophene rings is 1. The van der Waals surface area contributed by atoms with Crippen LogP contribution in [0.3, 0.4) is 0 Å². The fraction of sp³-hybridized carbons (Fsp3) is 0.300. The largest absolute Gasteiger partial charge is 0.508 e. The van der Waals surface area contributed by atoms with Crippen LogP contribution in [0.15, 0.2) is 84.4 Å². The summed E-state index contributed by atoms with van der Waals surface area (Å²) in [5.74, 6) is 1.99. The number of aromatic hydroxyl groups is 1. The molecule has 0 amide bonds. The Bertz CT molecular complexity index is 1380. The van der Waals surface area contributed by atoms with Crippen LogP contribution in [0.4, 0.5) is 4.39 Å². The number of allylic oxidation sites excluding steroid dienone is 4. The maximum atomic E-state index is 13.4. The van der Waals surface area contributed by atoms with Crippen molar-refractivity contribution in [2.75, 3.05) is 32.9 Å². The Hall–Kier alpha value is -3.42. The Morgan fingerprint density at radius 1 is 1.11 bits per heavy atom.